The van der Waals surface area contributed by atoms with Gasteiger partial charge in [-0.15, -0.1) is 0 Å². The number of carbonyl (C=O) groups is 2. The van der Waals surface area contributed by atoms with Gasteiger partial charge in [-0.25, -0.2) is 4.98 Å². The molecule has 1 aromatic heterocycles. The molecule has 0 aliphatic rings. The van der Waals surface area contributed by atoms with Crippen LogP contribution in [0.15, 0.2) is 42.6 Å². The van der Waals surface area contributed by atoms with E-state index in [1.807, 2.05) is 0 Å². The Morgan fingerprint density at radius 3 is 2.52 bits per heavy atom. The number of nitrogens with one attached hydrogen (secondary N) is 1. The van der Waals surface area contributed by atoms with Crippen LogP contribution in [-0.2, 0) is 0 Å². The topological polar surface area (TPSA) is 62.3 Å². The van der Waals surface area contributed by atoms with Gasteiger partial charge in [0.2, 0.25) is 5.95 Å². The first-order valence-corrected chi connectivity index (χ1v) is 6.22. The monoisotopic (exact) mass is 287 g/mol. The molecule has 1 heterocycles. The average molecular weight is 287 g/mol. The number of benzene rings is 1. The number of hydrogen-bond donors (Lipinski definition) is 1. The van der Waals surface area contributed by atoms with E-state index in [2.05, 4.69) is 10.3 Å². The molecule has 0 radical (unpaired) electrons. The lowest BCUT2D eigenvalue weighted by molar-refractivity contribution is 0.0827. The molecule has 21 heavy (non-hydrogen) atoms. The van der Waals surface area contributed by atoms with Gasteiger partial charge < -0.3 is 10.2 Å². The summed E-state index contributed by atoms with van der Waals surface area (Å²) in [5.74, 6) is -1.23. The number of carbonyl (C=O) groups excluding carboxylic acids is 2. The van der Waals surface area contributed by atoms with Crippen LogP contribution in [-0.4, -0.2) is 35.8 Å². The van der Waals surface area contributed by atoms with Crippen molar-refractivity contribution in [1.82, 2.24) is 9.88 Å². The molecule has 0 saturated carbocycles. The third-order valence-electron chi connectivity index (χ3n) is 2.76. The van der Waals surface area contributed by atoms with Crippen LogP contribution in [0.2, 0.25) is 0 Å². The van der Waals surface area contributed by atoms with E-state index < -0.39 is 11.9 Å². The smallest absolute Gasteiger partial charge is 0.257 e. The molecule has 5 nitrogen and oxygen atoms in total. The minimum Gasteiger partial charge on any atom is -0.345 e. The standard InChI is InChI=1S/C15H14FN3O2/c1-19(2)15(21)10-4-3-5-12(8-10)18-14(20)11-6-7-13(16)17-9-11/h3-9H,1-2H3,(H,18,20). The van der Waals surface area contributed by atoms with Gasteiger partial charge >= 0.3 is 0 Å². The van der Waals surface area contributed by atoms with E-state index >= 15 is 0 Å². The predicted molar refractivity (Wildman–Crippen MR) is 76.6 cm³/mol. The lowest BCUT2D eigenvalue weighted by Crippen LogP contribution is -2.22. The molecule has 0 aliphatic heterocycles. The fourth-order valence-electron chi connectivity index (χ4n) is 1.70. The SMILES string of the molecule is CN(C)C(=O)c1cccc(NC(=O)c2ccc(F)nc2)c1. The number of hydrogen-bond acceptors (Lipinski definition) is 3. The fourth-order valence-corrected chi connectivity index (χ4v) is 1.70. The Balaban J connectivity index is 2.16. The molecule has 0 bridgehead atoms. The minimum atomic E-state index is -0.648. The molecule has 0 spiro atoms. The third kappa shape index (κ3) is 3.62. The average Bonchev–Trinajstić information content (AvgIpc) is 2.47. The van der Waals surface area contributed by atoms with Crippen molar-refractivity contribution in [3.05, 3.63) is 59.7 Å². The van der Waals surface area contributed by atoms with Gasteiger partial charge in [-0.2, -0.15) is 4.39 Å². The largest absolute Gasteiger partial charge is 0.345 e. The Kier molecular flexibility index (Phi) is 4.27. The highest BCUT2D eigenvalue weighted by atomic mass is 19.1. The highest BCUT2D eigenvalue weighted by molar-refractivity contribution is 6.04. The molecule has 0 saturated heterocycles. The van der Waals surface area contributed by atoms with E-state index in [4.69, 9.17) is 0 Å². The van der Waals surface area contributed by atoms with Gasteiger partial charge in [-0.1, -0.05) is 6.07 Å². The molecule has 0 aliphatic carbocycles. The second-order valence-corrected chi connectivity index (χ2v) is 4.60. The summed E-state index contributed by atoms with van der Waals surface area (Å²) < 4.78 is 12.7. The molecule has 0 atom stereocenters. The number of aromatic nitrogens is 1. The zero-order valence-corrected chi connectivity index (χ0v) is 11.6. The molecule has 6 heteroatoms. The summed E-state index contributed by atoms with van der Waals surface area (Å²) >= 11 is 0. The molecule has 0 unspecified atom stereocenters. The number of halogens is 1. The Bertz CT molecular complexity index is 669. The maximum absolute atomic E-state index is 12.7. The maximum atomic E-state index is 12.7. The van der Waals surface area contributed by atoms with Crippen molar-refractivity contribution < 1.29 is 14.0 Å². The van der Waals surface area contributed by atoms with Crippen molar-refractivity contribution >= 4 is 17.5 Å². The van der Waals surface area contributed by atoms with Gasteiger partial charge in [0.25, 0.3) is 11.8 Å². The van der Waals surface area contributed by atoms with Crippen LogP contribution >= 0.6 is 0 Å². The lowest BCUT2D eigenvalue weighted by atomic mass is 10.1. The van der Waals surface area contributed by atoms with Crippen molar-refractivity contribution in [1.29, 1.82) is 0 Å². The van der Waals surface area contributed by atoms with Crippen LogP contribution in [0.4, 0.5) is 10.1 Å². The summed E-state index contributed by atoms with van der Waals surface area (Å²) in [6.45, 7) is 0. The molecular formula is C15H14FN3O2. The van der Waals surface area contributed by atoms with Crippen molar-refractivity contribution in [2.75, 3.05) is 19.4 Å². The number of amides is 2. The van der Waals surface area contributed by atoms with Crippen molar-refractivity contribution in [2.45, 2.75) is 0 Å². The maximum Gasteiger partial charge on any atom is 0.257 e. The van der Waals surface area contributed by atoms with Crippen LogP contribution in [0.5, 0.6) is 0 Å². The van der Waals surface area contributed by atoms with Crippen LogP contribution in [0, 0.1) is 5.95 Å². The molecule has 0 fully saturated rings. The third-order valence-corrected chi connectivity index (χ3v) is 2.76. The molecule has 2 rings (SSSR count). The van der Waals surface area contributed by atoms with Gasteiger partial charge in [-0.05, 0) is 30.3 Å². The molecular weight excluding hydrogens is 273 g/mol. The minimum absolute atomic E-state index is 0.158. The first-order valence-electron chi connectivity index (χ1n) is 6.22. The molecule has 108 valence electrons. The number of nitrogens with zero attached hydrogens (tertiary/aromatic N) is 2. The van der Waals surface area contributed by atoms with Gasteiger partial charge in [-0.3, -0.25) is 9.59 Å². The number of pyridine rings is 1. The second kappa shape index (κ2) is 6.13. The lowest BCUT2D eigenvalue weighted by Gasteiger charge is -2.11. The van der Waals surface area contributed by atoms with Crippen LogP contribution < -0.4 is 5.32 Å². The molecule has 2 aromatic rings. The molecule has 2 amide bonds. The fraction of sp³-hybridized carbons (Fsp3) is 0.133. The molecule has 1 aromatic carbocycles. The quantitative estimate of drug-likeness (QED) is 0.880. The van der Waals surface area contributed by atoms with Gasteiger partial charge in [0, 0.05) is 31.5 Å². The van der Waals surface area contributed by atoms with E-state index in [1.165, 1.54) is 11.0 Å². The Morgan fingerprint density at radius 2 is 1.90 bits per heavy atom. The number of anilines is 1. The highest BCUT2D eigenvalue weighted by Gasteiger charge is 2.10. The van der Waals surface area contributed by atoms with Gasteiger partial charge in [0.1, 0.15) is 0 Å². The van der Waals surface area contributed by atoms with Crippen molar-refractivity contribution in [3.8, 4) is 0 Å². The van der Waals surface area contributed by atoms with Crippen molar-refractivity contribution in [2.24, 2.45) is 0 Å². The Morgan fingerprint density at radius 1 is 1.14 bits per heavy atom. The van der Waals surface area contributed by atoms with Gasteiger partial charge in [0.05, 0.1) is 5.56 Å². The normalized spacial score (nSPS) is 10.0. The summed E-state index contributed by atoms with van der Waals surface area (Å²) in [5, 5.41) is 2.64. The van der Waals surface area contributed by atoms with Crippen LogP contribution in [0.25, 0.3) is 0 Å². The highest BCUT2D eigenvalue weighted by Crippen LogP contribution is 2.13. The van der Waals surface area contributed by atoms with Crippen molar-refractivity contribution in [3.63, 3.8) is 0 Å². The van der Waals surface area contributed by atoms with Gasteiger partial charge in [0.15, 0.2) is 0 Å². The second-order valence-electron chi connectivity index (χ2n) is 4.60. The van der Waals surface area contributed by atoms with Crippen LogP contribution in [0.1, 0.15) is 20.7 Å². The van der Waals surface area contributed by atoms with E-state index in [1.54, 1.807) is 38.4 Å². The van der Waals surface area contributed by atoms with E-state index in [9.17, 15) is 14.0 Å². The summed E-state index contributed by atoms with van der Waals surface area (Å²) in [7, 11) is 3.30. The Hall–Kier alpha value is -2.76. The summed E-state index contributed by atoms with van der Waals surface area (Å²) in [5.41, 5.74) is 1.19. The first-order chi connectivity index (χ1) is 9.97. The molecule has 1 N–H and O–H groups in total. The van der Waals surface area contributed by atoms with E-state index in [-0.39, 0.29) is 11.5 Å². The summed E-state index contributed by atoms with van der Waals surface area (Å²) in [6, 6.07) is 9.04. The zero-order valence-electron chi connectivity index (χ0n) is 11.6. The first kappa shape index (κ1) is 14.6. The summed E-state index contributed by atoms with van der Waals surface area (Å²) in [6.07, 6.45) is 1.15. The van der Waals surface area contributed by atoms with E-state index in [0.29, 0.717) is 11.3 Å². The Labute approximate surface area is 121 Å². The zero-order chi connectivity index (χ0) is 15.4. The van der Waals surface area contributed by atoms with E-state index in [0.717, 1.165) is 12.3 Å². The number of rotatable bonds is 3. The summed E-state index contributed by atoms with van der Waals surface area (Å²) in [4.78, 5) is 28.7. The predicted octanol–water partition coefficient (Wildman–Crippen LogP) is 2.17. The van der Waals surface area contributed by atoms with Crippen LogP contribution in [0.3, 0.4) is 0 Å².